The molecule has 1 aliphatic rings. The molecule has 1 atom stereocenters. The summed E-state index contributed by atoms with van der Waals surface area (Å²) in [5.74, 6) is 4.76. The minimum absolute atomic E-state index is 0.00722. The zero-order valence-corrected chi connectivity index (χ0v) is 20.0. The molecule has 3 aromatic heterocycles. The second-order valence-electron chi connectivity index (χ2n) is 7.95. The topological polar surface area (TPSA) is 141 Å². The summed E-state index contributed by atoms with van der Waals surface area (Å²) in [5, 5.41) is 12.6. The summed E-state index contributed by atoms with van der Waals surface area (Å²) in [6.07, 6.45) is -0.334. The summed E-state index contributed by atoms with van der Waals surface area (Å²) in [7, 11) is 0. The molecule has 2 N–H and O–H groups in total. The molecular formula is C23H17ClN4O6S. The van der Waals surface area contributed by atoms with Gasteiger partial charge in [-0.25, -0.2) is 4.79 Å². The van der Waals surface area contributed by atoms with Gasteiger partial charge in [-0.05, 0) is 56.1 Å². The number of fused-ring (bicyclic) bond motifs is 1. The number of hydrogen-bond acceptors (Lipinski definition) is 9. The van der Waals surface area contributed by atoms with Crippen molar-refractivity contribution in [1.29, 1.82) is 0 Å². The number of carboxylic acids is 1. The lowest BCUT2D eigenvalue weighted by atomic mass is 10.1. The quantitative estimate of drug-likeness (QED) is 0.351. The SMILES string of the molecule is Cc1nsc(C#Cc2nc3nc(C4(C(=O)O)CC4)oc3o2)c1NC(=O)OC(C)c1ccccc1Cl. The molecule has 5 rings (SSSR count). The van der Waals surface area contributed by atoms with Gasteiger partial charge in [0.25, 0.3) is 5.89 Å². The molecule has 1 aliphatic carbocycles. The maximum absolute atomic E-state index is 12.5. The molecule has 0 bridgehead atoms. The molecule has 0 spiro atoms. The molecule has 1 unspecified atom stereocenters. The van der Waals surface area contributed by atoms with Crippen molar-refractivity contribution in [1.82, 2.24) is 14.3 Å². The summed E-state index contributed by atoms with van der Waals surface area (Å²) in [6, 6.07) is 7.11. The summed E-state index contributed by atoms with van der Waals surface area (Å²) in [6.45, 7) is 3.45. The Bertz CT molecular complexity index is 1490. The molecular weight excluding hydrogens is 496 g/mol. The first-order valence-corrected chi connectivity index (χ1v) is 11.6. The van der Waals surface area contributed by atoms with E-state index in [-0.39, 0.29) is 23.2 Å². The number of oxazole rings is 2. The molecule has 178 valence electrons. The minimum atomic E-state index is -1.09. The van der Waals surface area contributed by atoms with Crippen LogP contribution in [0.25, 0.3) is 11.4 Å². The van der Waals surface area contributed by atoms with Gasteiger partial charge < -0.3 is 18.7 Å². The van der Waals surface area contributed by atoms with Crippen molar-refractivity contribution < 1.29 is 28.3 Å². The van der Waals surface area contributed by atoms with Gasteiger partial charge in [-0.15, -0.1) is 0 Å². The molecule has 1 fully saturated rings. The molecule has 3 heterocycles. The number of nitrogens with one attached hydrogen (secondary N) is 1. The highest BCUT2D eigenvalue weighted by atomic mass is 35.5. The number of aryl methyl sites for hydroxylation is 1. The van der Waals surface area contributed by atoms with Gasteiger partial charge in [-0.3, -0.25) is 10.1 Å². The van der Waals surface area contributed by atoms with Crippen molar-refractivity contribution >= 4 is 52.3 Å². The number of carbonyl (C=O) groups excluding carboxylic acids is 1. The van der Waals surface area contributed by atoms with E-state index in [2.05, 4.69) is 31.5 Å². The van der Waals surface area contributed by atoms with Crippen LogP contribution in [0.4, 0.5) is 10.5 Å². The van der Waals surface area contributed by atoms with Crippen molar-refractivity contribution in [3.8, 4) is 11.8 Å². The Labute approximate surface area is 207 Å². The number of aliphatic carboxylic acids is 1. The maximum Gasteiger partial charge on any atom is 0.412 e. The smallest absolute Gasteiger partial charge is 0.412 e. The molecule has 10 nitrogen and oxygen atoms in total. The third-order valence-corrected chi connectivity index (χ3v) is 6.74. The van der Waals surface area contributed by atoms with E-state index in [9.17, 15) is 14.7 Å². The highest BCUT2D eigenvalue weighted by Gasteiger charge is 2.56. The van der Waals surface area contributed by atoms with E-state index in [1.807, 2.05) is 6.07 Å². The molecule has 12 heteroatoms. The number of carbonyl (C=O) groups is 2. The summed E-state index contributed by atoms with van der Waals surface area (Å²) < 4.78 is 20.6. The van der Waals surface area contributed by atoms with Gasteiger partial charge in [0.15, 0.2) is 0 Å². The molecule has 35 heavy (non-hydrogen) atoms. The third-order valence-electron chi connectivity index (χ3n) is 5.54. The minimum Gasteiger partial charge on any atom is -0.480 e. The Hall–Kier alpha value is -3.88. The lowest BCUT2D eigenvalue weighted by Gasteiger charge is -2.15. The molecule has 1 aromatic carbocycles. The van der Waals surface area contributed by atoms with Crippen LogP contribution in [0.3, 0.4) is 0 Å². The zero-order chi connectivity index (χ0) is 24.7. The maximum atomic E-state index is 12.5. The summed E-state index contributed by atoms with van der Waals surface area (Å²) in [4.78, 5) is 32.7. The number of amides is 1. The van der Waals surface area contributed by atoms with Crippen LogP contribution < -0.4 is 5.32 Å². The van der Waals surface area contributed by atoms with E-state index < -0.39 is 23.6 Å². The largest absolute Gasteiger partial charge is 0.480 e. The average molecular weight is 513 g/mol. The van der Waals surface area contributed by atoms with Gasteiger partial charge in [0.1, 0.15) is 16.4 Å². The number of benzene rings is 1. The van der Waals surface area contributed by atoms with E-state index >= 15 is 0 Å². The van der Waals surface area contributed by atoms with Gasteiger partial charge in [-0.2, -0.15) is 14.3 Å². The van der Waals surface area contributed by atoms with E-state index in [1.165, 1.54) is 0 Å². The number of carboxylic acid groups (broad SMARTS) is 1. The van der Waals surface area contributed by atoms with Crippen LogP contribution in [0.1, 0.15) is 53.8 Å². The van der Waals surface area contributed by atoms with Gasteiger partial charge in [0.2, 0.25) is 11.5 Å². The zero-order valence-electron chi connectivity index (χ0n) is 18.4. The first-order chi connectivity index (χ1) is 16.8. The van der Waals surface area contributed by atoms with Crippen molar-refractivity contribution in [2.24, 2.45) is 0 Å². The number of nitrogens with zero attached hydrogens (tertiary/aromatic N) is 3. The summed E-state index contributed by atoms with van der Waals surface area (Å²) >= 11 is 7.27. The molecule has 1 amide bonds. The van der Waals surface area contributed by atoms with Crippen LogP contribution in [0, 0.1) is 18.8 Å². The standard InChI is InChI=1S/C23H17ClN4O6S/c1-11-17(26-22(31)32-12(2)13-5-3-4-6-14(13)24)15(35-28-11)7-8-16-25-18-19(33-16)34-20(27-18)23(9-10-23)21(29)30/h3-6,12H,9-10H2,1-2H3,(H,26,31)(H,29,30). The average Bonchev–Trinajstić information content (AvgIpc) is 3.25. The van der Waals surface area contributed by atoms with Crippen LogP contribution in [-0.2, 0) is 14.9 Å². The van der Waals surface area contributed by atoms with Gasteiger partial charge >= 0.3 is 17.8 Å². The van der Waals surface area contributed by atoms with E-state index in [4.69, 9.17) is 25.2 Å². The Balaban J connectivity index is 1.30. The number of hydrogen-bond donors (Lipinski definition) is 2. The van der Waals surface area contributed by atoms with E-state index in [0.717, 1.165) is 11.5 Å². The molecule has 0 radical (unpaired) electrons. The Morgan fingerprint density at radius 2 is 2.03 bits per heavy atom. The number of aromatic nitrogens is 3. The van der Waals surface area contributed by atoms with Crippen LogP contribution >= 0.6 is 23.1 Å². The Kier molecular flexibility index (Phi) is 5.70. The second kappa shape index (κ2) is 8.72. The van der Waals surface area contributed by atoms with Crippen LogP contribution in [0.15, 0.2) is 33.1 Å². The van der Waals surface area contributed by atoms with Crippen molar-refractivity contribution in [2.75, 3.05) is 5.32 Å². The van der Waals surface area contributed by atoms with Crippen LogP contribution in [0.5, 0.6) is 0 Å². The Morgan fingerprint density at radius 1 is 1.26 bits per heavy atom. The fraction of sp³-hybridized carbons (Fsp3) is 0.261. The van der Waals surface area contributed by atoms with Gasteiger partial charge in [-0.1, -0.05) is 29.8 Å². The van der Waals surface area contributed by atoms with Gasteiger partial charge in [0.05, 0.1) is 11.4 Å². The Morgan fingerprint density at radius 3 is 2.71 bits per heavy atom. The normalized spacial score (nSPS) is 14.7. The lowest BCUT2D eigenvalue weighted by molar-refractivity contribution is -0.140. The van der Waals surface area contributed by atoms with Crippen molar-refractivity contribution in [3.63, 3.8) is 0 Å². The highest BCUT2D eigenvalue weighted by Crippen LogP contribution is 2.48. The lowest BCUT2D eigenvalue weighted by Crippen LogP contribution is -2.19. The van der Waals surface area contributed by atoms with Gasteiger partial charge in [0, 0.05) is 10.6 Å². The first kappa shape index (κ1) is 22.9. The van der Waals surface area contributed by atoms with Crippen LogP contribution in [-0.4, -0.2) is 31.5 Å². The van der Waals surface area contributed by atoms with Crippen molar-refractivity contribution in [3.05, 3.63) is 57.2 Å². The fourth-order valence-electron chi connectivity index (χ4n) is 3.42. The molecule has 0 aliphatic heterocycles. The van der Waals surface area contributed by atoms with Crippen LogP contribution in [0.2, 0.25) is 5.02 Å². The predicted octanol–water partition coefficient (Wildman–Crippen LogP) is 5.06. The third kappa shape index (κ3) is 4.34. The fourth-order valence-corrected chi connectivity index (χ4v) is 4.41. The molecule has 4 aromatic rings. The predicted molar refractivity (Wildman–Crippen MR) is 125 cm³/mol. The molecule has 0 saturated heterocycles. The first-order valence-electron chi connectivity index (χ1n) is 10.5. The molecule has 1 saturated carbocycles. The monoisotopic (exact) mass is 512 g/mol. The van der Waals surface area contributed by atoms with E-state index in [1.54, 1.807) is 32.0 Å². The highest BCUT2D eigenvalue weighted by molar-refractivity contribution is 7.07. The number of halogens is 1. The van der Waals surface area contributed by atoms with Crippen molar-refractivity contribution in [2.45, 2.75) is 38.2 Å². The van der Waals surface area contributed by atoms with E-state index in [0.29, 0.717) is 39.7 Å². The second-order valence-corrected chi connectivity index (χ2v) is 9.13. The number of ether oxygens (including phenoxy) is 1. The number of rotatable bonds is 5. The summed E-state index contributed by atoms with van der Waals surface area (Å²) in [5.41, 5.74) is 0.718. The number of anilines is 1.